The van der Waals surface area contributed by atoms with E-state index in [-0.39, 0.29) is 24.5 Å². The first-order valence-corrected chi connectivity index (χ1v) is 10.1. The molecule has 0 saturated heterocycles. The summed E-state index contributed by atoms with van der Waals surface area (Å²) in [5.41, 5.74) is 3.38. The molecule has 0 heterocycles. The summed E-state index contributed by atoms with van der Waals surface area (Å²) in [7, 11) is 3.38. The number of methoxy groups -OCH3 is 1. The van der Waals surface area contributed by atoms with Crippen LogP contribution in [0.3, 0.4) is 0 Å². The Kier molecular flexibility index (Phi) is 7.79. The Labute approximate surface area is 182 Å². The van der Waals surface area contributed by atoms with E-state index in [2.05, 4.69) is 10.6 Å². The number of para-hydroxylation sites is 1. The van der Waals surface area contributed by atoms with E-state index < -0.39 is 0 Å². The normalized spacial score (nSPS) is 11.4. The van der Waals surface area contributed by atoms with Crippen LogP contribution in [0.2, 0.25) is 0 Å². The summed E-state index contributed by atoms with van der Waals surface area (Å²) in [5, 5.41) is 5.63. The molecule has 2 N–H and O–H groups in total. The minimum Gasteiger partial charge on any atom is -0.375 e. The highest BCUT2D eigenvalue weighted by molar-refractivity contribution is 5.94. The van der Waals surface area contributed by atoms with Gasteiger partial charge in [-0.15, -0.1) is 0 Å². The summed E-state index contributed by atoms with van der Waals surface area (Å²) in [5.74, 6) is -0.00354. The third kappa shape index (κ3) is 6.42. The number of benzene rings is 3. The average molecular weight is 418 g/mol. The Morgan fingerprint density at radius 3 is 2.13 bits per heavy atom. The highest BCUT2D eigenvalue weighted by atomic mass is 16.5. The lowest BCUT2D eigenvalue weighted by Gasteiger charge is -2.18. The fourth-order valence-electron chi connectivity index (χ4n) is 3.16. The predicted octanol–water partition coefficient (Wildman–Crippen LogP) is 4.40. The van der Waals surface area contributed by atoms with Crippen molar-refractivity contribution in [1.82, 2.24) is 5.32 Å². The fraction of sp³-hybridized carbons (Fsp3) is 0.200. The van der Waals surface area contributed by atoms with E-state index in [1.807, 2.05) is 72.8 Å². The van der Waals surface area contributed by atoms with Crippen LogP contribution in [0.25, 0.3) is 0 Å². The van der Waals surface area contributed by atoms with Crippen molar-refractivity contribution in [3.05, 3.63) is 96.1 Å². The zero-order chi connectivity index (χ0) is 22.1. The number of likely N-dealkylation sites (N-methyl/N-ethyl adjacent to an activating group) is 1. The summed E-state index contributed by atoms with van der Waals surface area (Å²) in [6.07, 6.45) is 0.0618. The average Bonchev–Trinajstić information content (AvgIpc) is 2.81. The van der Waals surface area contributed by atoms with Crippen molar-refractivity contribution < 1.29 is 14.3 Å². The Morgan fingerprint density at radius 1 is 0.903 bits per heavy atom. The van der Waals surface area contributed by atoms with Crippen molar-refractivity contribution >= 4 is 23.3 Å². The standard InChI is InChI=1S/C25H27N3O3/c1-28(22-11-7-4-8-12-22)24(29)17-19-13-15-21(16-14-19)27-25(30)26-18-23(31-2)20-9-5-3-6-10-20/h3-16,23H,17-18H2,1-2H3,(H2,26,27,30). The van der Waals surface area contributed by atoms with Crippen molar-refractivity contribution in [3.8, 4) is 0 Å². The van der Waals surface area contributed by atoms with Crippen LogP contribution < -0.4 is 15.5 Å². The zero-order valence-electron chi connectivity index (χ0n) is 17.7. The second-order valence-electron chi connectivity index (χ2n) is 7.13. The Hall–Kier alpha value is -3.64. The van der Waals surface area contributed by atoms with Crippen LogP contribution >= 0.6 is 0 Å². The quantitative estimate of drug-likeness (QED) is 0.571. The van der Waals surface area contributed by atoms with Gasteiger partial charge in [0.15, 0.2) is 0 Å². The lowest BCUT2D eigenvalue weighted by atomic mass is 10.1. The van der Waals surface area contributed by atoms with E-state index in [9.17, 15) is 9.59 Å². The molecule has 6 heteroatoms. The summed E-state index contributed by atoms with van der Waals surface area (Å²) in [6, 6.07) is 26.2. The molecule has 0 aliphatic carbocycles. The first kappa shape index (κ1) is 22.1. The number of urea groups is 1. The van der Waals surface area contributed by atoms with E-state index in [4.69, 9.17) is 4.74 Å². The molecule has 3 rings (SSSR count). The van der Waals surface area contributed by atoms with Crippen LogP contribution in [0.4, 0.5) is 16.2 Å². The first-order valence-electron chi connectivity index (χ1n) is 10.1. The summed E-state index contributed by atoms with van der Waals surface area (Å²) in [6.45, 7) is 0.352. The van der Waals surface area contributed by atoms with E-state index in [1.54, 1.807) is 31.2 Å². The smallest absolute Gasteiger partial charge is 0.319 e. The zero-order valence-corrected chi connectivity index (χ0v) is 17.7. The van der Waals surface area contributed by atoms with Gasteiger partial charge in [-0.05, 0) is 35.4 Å². The summed E-state index contributed by atoms with van der Waals surface area (Å²) < 4.78 is 5.46. The highest BCUT2D eigenvalue weighted by Gasteiger charge is 2.13. The van der Waals surface area contributed by atoms with Crippen molar-refractivity contribution in [2.75, 3.05) is 30.9 Å². The molecule has 3 aromatic rings. The third-order valence-corrected chi connectivity index (χ3v) is 4.99. The lowest BCUT2D eigenvalue weighted by Crippen LogP contribution is -2.32. The molecule has 3 amide bonds. The number of hydrogen-bond donors (Lipinski definition) is 2. The molecule has 0 fully saturated rings. The van der Waals surface area contributed by atoms with Gasteiger partial charge in [0, 0.05) is 32.1 Å². The Bertz CT molecular complexity index is 976. The second kappa shape index (κ2) is 10.9. The molecule has 0 bridgehead atoms. The van der Waals surface area contributed by atoms with Gasteiger partial charge in [-0.2, -0.15) is 0 Å². The van der Waals surface area contributed by atoms with Crippen molar-refractivity contribution in [3.63, 3.8) is 0 Å². The molecule has 0 spiro atoms. The van der Waals surface area contributed by atoms with Gasteiger partial charge in [-0.3, -0.25) is 4.79 Å². The van der Waals surface area contributed by atoms with Gasteiger partial charge in [0.05, 0.1) is 12.5 Å². The number of hydrogen-bond acceptors (Lipinski definition) is 3. The van der Waals surface area contributed by atoms with Crippen LogP contribution in [0.1, 0.15) is 17.2 Å². The Balaban J connectivity index is 1.49. The first-order chi connectivity index (χ1) is 15.1. The molecular formula is C25H27N3O3. The minimum atomic E-state index is -0.314. The van der Waals surface area contributed by atoms with Crippen LogP contribution in [0, 0.1) is 0 Å². The van der Waals surface area contributed by atoms with Crippen molar-refractivity contribution in [2.45, 2.75) is 12.5 Å². The number of carbonyl (C=O) groups is 2. The van der Waals surface area contributed by atoms with Gasteiger partial charge in [-0.25, -0.2) is 4.79 Å². The van der Waals surface area contributed by atoms with Crippen molar-refractivity contribution in [1.29, 1.82) is 0 Å². The van der Waals surface area contributed by atoms with E-state index >= 15 is 0 Å². The number of nitrogens with one attached hydrogen (secondary N) is 2. The van der Waals surface area contributed by atoms with Crippen molar-refractivity contribution in [2.24, 2.45) is 0 Å². The van der Waals surface area contributed by atoms with E-state index in [1.165, 1.54) is 0 Å². The molecule has 0 radical (unpaired) electrons. The number of nitrogens with zero attached hydrogens (tertiary/aromatic N) is 1. The molecule has 0 aromatic heterocycles. The molecule has 6 nitrogen and oxygen atoms in total. The maximum absolute atomic E-state index is 12.5. The molecule has 1 unspecified atom stereocenters. The number of rotatable bonds is 8. The topological polar surface area (TPSA) is 70.7 Å². The largest absolute Gasteiger partial charge is 0.375 e. The second-order valence-corrected chi connectivity index (χ2v) is 7.13. The fourth-order valence-corrected chi connectivity index (χ4v) is 3.16. The maximum atomic E-state index is 12.5. The van der Waals surface area contributed by atoms with E-state index in [0.717, 1.165) is 16.8 Å². The highest BCUT2D eigenvalue weighted by Crippen LogP contribution is 2.16. The summed E-state index contributed by atoms with van der Waals surface area (Å²) >= 11 is 0. The van der Waals surface area contributed by atoms with Crippen LogP contribution in [-0.2, 0) is 16.0 Å². The molecule has 1 atom stereocenters. The third-order valence-electron chi connectivity index (χ3n) is 4.99. The predicted molar refractivity (Wildman–Crippen MR) is 123 cm³/mol. The van der Waals surface area contributed by atoms with Gasteiger partial charge in [-0.1, -0.05) is 60.7 Å². The summed E-state index contributed by atoms with van der Waals surface area (Å²) in [4.78, 5) is 26.4. The van der Waals surface area contributed by atoms with Gasteiger partial charge in [0.1, 0.15) is 0 Å². The molecule has 0 aliphatic heterocycles. The molecule has 160 valence electrons. The Morgan fingerprint density at radius 2 is 1.52 bits per heavy atom. The van der Waals surface area contributed by atoms with Crippen LogP contribution in [0.15, 0.2) is 84.9 Å². The number of anilines is 2. The van der Waals surface area contributed by atoms with Crippen LogP contribution in [0.5, 0.6) is 0 Å². The molecule has 31 heavy (non-hydrogen) atoms. The molecule has 3 aromatic carbocycles. The van der Waals surface area contributed by atoms with Gasteiger partial charge in [0.2, 0.25) is 5.91 Å². The lowest BCUT2D eigenvalue weighted by molar-refractivity contribution is -0.117. The van der Waals surface area contributed by atoms with E-state index in [0.29, 0.717) is 12.2 Å². The molecule has 0 aliphatic rings. The van der Waals surface area contributed by atoms with Gasteiger partial charge < -0.3 is 20.3 Å². The molecular weight excluding hydrogens is 390 g/mol. The molecule has 0 saturated carbocycles. The number of amides is 3. The van der Waals surface area contributed by atoms with Crippen LogP contribution in [-0.4, -0.2) is 32.6 Å². The monoisotopic (exact) mass is 417 g/mol. The number of carbonyl (C=O) groups excluding carboxylic acids is 2. The SMILES string of the molecule is COC(CNC(=O)Nc1ccc(CC(=O)N(C)c2ccccc2)cc1)c1ccccc1. The minimum absolute atomic E-state index is 0.00354. The number of ether oxygens (including phenoxy) is 1. The van der Waals surface area contributed by atoms with Gasteiger partial charge in [0.25, 0.3) is 0 Å². The van der Waals surface area contributed by atoms with Gasteiger partial charge >= 0.3 is 6.03 Å². The maximum Gasteiger partial charge on any atom is 0.319 e.